The molecule has 0 aromatic carbocycles. The number of hydrogen-bond donors (Lipinski definition) is 3. The van der Waals surface area contributed by atoms with E-state index in [4.69, 9.17) is 4.52 Å². The van der Waals surface area contributed by atoms with E-state index in [1.54, 1.807) is 19.3 Å². The van der Waals surface area contributed by atoms with Crippen LogP contribution in [0.25, 0.3) is 0 Å². The molecule has 3 N–H and O–H groups in total. The predicted octanol–water partition coefficient (Wildman–Crippen LogP) is 0.359. The summed E-state index contributed by atoms with van der Waals surface area (Å²) in [6, 6.07) is 1.38. The van der Waals surface area contributed by atoms with Crippen molar-refractivity contribution in [2.45, 2.75) is 25.9 Å². The molecule has 3 rings (SSSR count). The maximum absolute atomic E-state index is 12.0. The lowest BCUT2D eigenvalue weighted by atomic mass is 10.1. The second kappa shape index (κ2) is 4.26. The molecule has 0 spiro atoms. The molecule has 0 aliphatic carbocycles. The summed E-state index contributed by atoms with van der Waals surface area (Å²) in [5.74, 6) is 0.229. The molecule has 94 valence electrons. The molecule has 2 aromatic heterocycles. The normalized spacial score (nSPS) is 18.4. The van der Waals surface area contributed by atoms with E-state index < -0.39 is 0 Å². The van der Waals surface area contributed by atoms with Gasteiger partial charge < -0.3 is 9.51 Å². The van der Waals surface area contributed by atoms with Gasteiger partial charge in [0.25, 0.3) is 0 Å². The highest BCUT2D eigenvalue weighted by Crippen LogP contribution is 2.14. The molecule has 1 aliphatic rings. The molecule has 7 nitrogen and oxygen atoms in total. The van der Waals surface area contributed by atoms with Gasteiger partial charge >= 0.3 is 0 Å². The number of aromatic nitrogens is 3. The van der Waals surface area contributed by atoms with Gasteiger partial charge in [-0.3, -0.25) is 15.4 Å². The maximum Gasteiger partial charge on any atom is 0.244 e. The summed E-state index contributed by atoms with van der Waals surface area (Å²) in [6.45, 7) is 2.41. The molecule has 2 aromatic rings. The maximum atomic E-state index is 12.0. The van der Waals surface area contributed by atoms with Crippen LogP contribution in [0.3, 0.4) is 0 Å². The Hall–Kier alpha value is -2.15. The number of nitrogens with zero attached hydrogens (tertiary/aromatic N) is 2. The monoisotopic (exact) mass is 247 g/mol. The van der Waals surface area contributed by atoms with E-state index in [2.05, 4.69) is 25.8 Å². The number of H-pyrrole nitrogens is 1. The second-order valence-corrected chi connectivity index (χ2v) is 4.29. The Labute approximate surface area is 103 Å². The smallest absolute Gasteiger partial charge is 0.244 e. The van der Waals surface area contributed by atoms with Gasteiger partial charge in [-0.05, 0) is 6.92 Å². The van der Waals surface area contributed by atoms with Gasteiger partial charge in [0, 0.05) is 19.0 Å². The van der Waals surface area contributed by atoms with Crippen molar-refractivity contribution in [2.24, 2.45) is 0 Å². The van der Waals surface area contributed by atoms with Crippen LogP contribution in [0.2, 0.25) is 0 Å². The van der Waals surface area contributed by atoms with Crippen LogP contribution in [0, 0.1) is 6.92 Å². The SMILES string of the molecule is Cc1cc(NC(=O)C2Cc3nc[nH]c3CN2)on1. The van der Waals surface area contributed by atoms with Crippen LogP contribution in [0.4, 0.5) is 5.88 Å². The molecule has 7 heteroatoms. The first-order chi connectivity index (χ1) is 8.72. The Morgan fingerprint density at radius 3 is 3.28 bits per heavy atom. The third kappa shape index (κ3) is 2.00. The van der Waals surface area contributed by atoms with E-state index in [9.17, 15) is 4.79 Å². The predicted molar refractivity (Wildman–Crippen MR) is 62.8 cm³/mol. The fourth-order valence-corrected chi connectivity index (χ4v) is 1.99. The van der Waals surface area contributed by atoms with Crippen LogP contribution in [0.1, 0.15) is 17.1 Å². The van der Waals surface area contributed by atoms with Crippen molar-refractivity contribution in [3.63, 3.8) is 0 Å². The number of hydrogen-bond acceptors (Lipinski definition) is 5. The fraction of sp³-hybridized carbons (Fsp3) is 0.364. The molecule has 0 saturated heterocycles. The number of imidazole rings is 1. The molecule has 1 atom stereocenters. The second-order valence-electron chi connectivity index (χ2n) is 4.29. The summed E-state index contributed by atoms with van der Waals surface area (Å²) in [4.78, 5) is 19.2. The minimum Gasteiger partial charge on any atom is -0.347 e. The number of fused-ring (bicyclic) bond motifs is 1. The number of carbonyl (C=O) groups is 1. The average molecular weight is 247 g/mol. The van der Waals surface area contributed by atoms with Gasteiger partial charge in [-0.1, -0.05) is 5.16 Å². The van der Waals surface area contributed by atoms with Crippen LogP contribution >= 0.6 is 0 Å². The van der Waals surface area contributed by atoms with E-state index >= 15 is 0 Å². The van der Waals surface area contributed by atoms with Crippen LogP contribution in [-0.4, -0.2) is 27.1 Å². The third-order valence-electron chi connectivity index (χ3n) is 2.92. The lowest BCUT2D eigenvalue weighted by Crippen LogP contribution is -2.44. The van der Waals surface area contributed by atoms with Gasteiger partial charge in [-0.25, -0.2) is 4.98 Å². The van der Waals surface area contributed by atoms with Crippen LogP contribution < -0.4 is 10.6 Å². The molecule has 1 aliphatic heterocycles. The molecule has 0 fully saturated rings. The zero-order valence-electron chi connectivity index (χ0n) is 9.86. The van der Waals surface area contributed by atoms with Gasteiger partial charge in [0.15, 0.2) is 0 Å². The van der Waals surface area contributed by atoms with E-state index in [0.29, 0.717) is 18.8 Å². The number of nitrogens with one attached hydrogen (secondary N) is 3. The van der Waals surface area contributed by atoms with Gasteiger partial charge in [0.2, 0.25) is 11.8 Å². The van der Waals surface area contributed by atoms with Crippen LogP contribution in [0.5, 0.6) is 0 Å². The van der Waals surface area contributed by atoms with Crippen molar-refractivity contribution in [3.8, 4) is 0 Å². The van der Waals surface area contributed by atoms with Gasteiger partial charge in [0.1, 0.15) is 0 Å². The highest BCUT2D eigenvalue weighted by molar-refractivity contribution is 5.94. The fourth-order valence-electron chi connectivity index (χ4n) is 1.99. The highest BCUT2D eigenvalue weighted by atomic mass is 16.5. The van der Waals surface area contributed by atoms with E-state index in [-0.39, 0.29) is 11.9 Å². The van der Waals surface area contributed by atoms with Crippen molar-refractivity contribution in [3.05, 3.63) is 29.5 Å². The Kier molecular flexibility index (Phi) is 2.60. The third-order valence-corrected chi connectivity index (χ3v) is 2.92. The Morgan fingerprint density at radius 1 is 1.61 bits per heavy atom. The summed E-state index contributed by atoms with van der Waals surface area (Å²) in [5, 5.41) is 9.54. The number of aryl methyl sites for hydroxylation is 1. The van der Waals surface area contributed by atoms with E-state index in [1.807, 2.05) is 0 Å². The summed E-state index contributed by atoms with van der Waals surface area (Å²) >= 11 is 0. The Bertz CT molecular complexity index is 574. The molecule has 1 amide bonds. The zero-order chi connectivity index (χ0) is 12.5. The average Bonchev–Trinajstić information content (AvgIpc) is 2.96. The minimum atomic E-state index is -0.300. The zero-order valence-corrected chi connectivity index (χ0v) is 9.86. The van der Waals surface area contributed by atoms with Gasteiger partial charge in [-0.2, -0.15) is 0 Å². The number of anilines is 1. The topological polar surface area (TPSA) is 95.8 Å². The first-order valence-corrected chi connectivity index (χ1v) is 5.71. The Morgan fingerprint density at radius 2 is 2.50 bits per heavy atom. The first kappa shape index (κ1) is 11.0. The van der Waals surface area contributed by atoms with Crippen molar-refractivity contribution in [2.75, 3.05) is 5.32 Å². The molecule has 3 heterocycles. The number of rotatable bonds is 2. The van der Waals surface area contributed by atoms with Crippen molar-refractivity contribution in [1.82, 2.24) is 20.4 Å². The number of carbonyl (C=O) groups excluding carboxylic acids is 1. The van der Waals surface area contributed by atoms with Crippen molar-refractivity contribution in [1.29, 1.82) is 0 Å². The van der Waals surface area contributed by atoms with Crippen molar-refractivity contribution >= 4 is 11.8 Å². The van der Waals surface area contributed by atoms with E-state index in [1.165, 1.54) is 0 Å². The molecule has 0 radical (unpaired) electrons. The summed E-state index contributed by atoms with van der Waals surface area (Å²) in [5.41, 5.74) is 2.70. The molecular weight excluding hydrogens is 234 g/mol. The molecule has 1 unspecified atom stereocenters. The number of amides is 1. The summed E-state index contributed by atoms with van der Waals surface area (Å²) in [7, 11) is 0. The van der Waals surface area contributed by atoms with Gasteiger partial charge in [-0.15, -0.1) is 0 Å². The highest BCUT2D eigenvalue weighted by Gasteiger charge is 2.26. The molecule has 0 bridgehead atoms. The van der Waals surface area contributed by atoms with Crippen LogP contribution in [0.15, 0.2) is 16.9 Å². The molecular formula is C11H13N5O2. The summed E-state index contributed by atoms with van der Waals surface area (Å²) in [6.07, 6.45) is 2.21. The van der Waals surface area contributed by atoms with Crippen molar-refractivity contribution < 1.29 is 9.32 Å². The summed E-state index contributed by atoms with van der Waals surface area (Å²) < 4.78 is 4.95. The lowest BCUT2D eigenvalue weighted by molar-refractivity contribution is -0.118. The minimum absolute atomic E-state index is 0.139. The number of aromatic amines is 1. The quantitative estimate of drug-likeness (QED) is 0.712. The first-order valence-electron chi connectivity index (χ1n) is 5.71. The Balaban J connectivity index is 1.67. The van der Waals surface area contributed by atoms with Crippen LogP contribution in [-0.2, 0) is 17.8 Å². The lowest BCUT2D eigenvalue weighted by Gasteiger charge is -2.21. The molecule has 0 saturated carbocycles. The molecule has 18 heavy (non-hydrogen) atoms. The van der Waals surface area contributed by atoms with E-state index in [0.717, 1.165) is 17.1 Å². The largest absolute Gasteiger partial charge is 0.347 e. The standard InChI is InChI=1S/C11H13N5O2/c1-6-2-10(18-16-6)15-11(17)8-3-7-9(4-12-8)14-5-13-7/h2,5,8,12H,3-4H2,1H3,(H,13,14)(H,15,17). The van der Waals surface area contributed by atoms with Gasteiger partial charge in [0.05, 0.1) is 29.5 Å².